The molecule has 2 aromatic heterocycles. The summed E-state index contributed by atoms with van der Waals surface area (Å²) in [5, 5.41) is 23.8. The summed E-state index contributed by atoms with van der Waals surface area (Å²) in [7, 11) is 0. The van der Waals surface area contributed by atoms with Crippen molar-refractivity contribution in [3.8, 4) is 0 Å². The van der Waals surface area contributed by atoms with Gasteiger partial charge in [0.15, 0.2) is 0 Å². The van der Waals surface area contributed by atoms with Gasteiger partial charge in [-0.1, -0.05) is 18.2 Å². The molecule has 0 fully saturated rings. The number of hydrogen-bond donors (Lipinski definition) is 4. The highest BCUT2D eigenvalue weighted by atomic mass is 32.1. The number of H-pyrrole nitrogens is 1. The van der Waals surface area contributed by atoms with Crippen molar-refractivity contribution in [1.82, 2.24) is 20.8 Å². The largest absolute Gasteiger partial charge is 0.386 e. The zero-order valence-electron chi connectivity index (χ0n) is 13.6. The summed E-state index contributed by atoms with van der Waals surface area (Å²) >= 11 is 1.54. The van der Waals surface area contributed by atoms with Crippen LogP contribution < -0.4 is 10.6 Å². The molecule has 6 nitrogen and oxygen atoms in total. The molecule has 0 spiro atoms. The number of aliphatic hydroxyl groups excluding tert-OH is 1. The van der Waals surface area contributed by atoms with Crippen molar-refractivity contribution in [2.24, 2.45) is 0 Å². The van der Waals surface area contributed by atoms with Crippen molar-refractivity contribution in [3.05, 3.63) is 52.2 Å². The highest BCUT2D eigenvalue weighted by Crippen LogP contribution is 2.29. The number of hydrogen-bond acceptors (Lipinski definition) is 4. The lowest BCUT2D eigenvalue weighted by atomic mass is 10.2. The third kappa shape index (κ3) is 3.58. The Hall–Kier alpha value is -2.38. The van der Waals surface area contributed by atoms with Gasteiger partial charge in [0.25, 0.3) is 0 Å². The van der Waals surface area contributed by atoms with Crippen molar-refractivity contribution >= 4 is 27.5 Å². The van der Waals surface area contributed by atoms with E-state index in [1.807, 2.05) is 44.2 Å². The summed E-state index contributed by atoms with van der Waals surface area (Å²) in [4.78, 5) is 12.8. The highest BCUT2D eigenvalue weighted by Gasteiger charge is 2.13. The standard InChI is InChI=1S/C17H20N4O2S/c1-10-13(11(2)21-20-10)8-18-17(23)19-9-14(22)16-7-12-5-3-4-6-15(12)24-16/h3-7,14,22H,8-9H2,1-2H3,(H,20,21)(H2,18,19,23). The van der Waals surface area contributed by atoms with Gasteiger partial charge in [0.05, 0.1) is 12.2 Å². The lowest BCUT2D eigenvalue weighted by Gasteiger charge is -2.11. The Balaban J connectivity index is 1.52. The maximum absolute atomic E-state index is 11.9. The highest BCUT2D eigenvalue weighted by molar-refractivity contribution is 7.19. The van der Waals surface area contributed by atoms with Gasteiger partial charge in [-0.05, 0) is 31.4 Å². The molecule has 0 aliphatic rings. The first kappa shape index (κ1) is 16.5. The predicted molar refractivity (Wildman–Crippen MR) is 95.1 cm³/mol. The maximum Gasteiger partial charge on any atom is 0.315 e. The molecule has 24 heavy (non-hydrogen) atoms. The number of urea groups is 1. The van der Waals surface area contributed by atoms with Gasteiger partial charge < -0.3 is 15.7 Å². The van der Waals surface area contributed by atoms with Crippen molar-refractivity contribution in [2.45, 2.75) is 26.5 Å². The number of rotatable bonds is 5. The first-order valence-electron chi connectivity index (χ1n) is 7.73. The molecule has 3 rings (SSSR count). The van der Waals surface area contributed by atoms with E-state index in [1.165, 1.54) is 11.3 Å². The van der Waals surface area contributed by atoms with Crippen LogP contribution in [0.3, 0.4) is 0 Å². The van der Waals surface area contributed by atoms with E-state index in [0.717, 1.165) is 31.9 Å². The molecule has 1 atom stereocenters. The second kappa shape index (κ2) is 7.02. The van der Waals surface area contributed by atoms with Crippen molar-refractivity contribution in [1.29, 1.82) is 0 Å². The van der Waals surface area contributed by atoms with E-state index in [2.05, 4.69) is 20.8 Å². The Kier molecular flexibility index (Phi) is 4.82. The first-order valence-corrected chi connectivity index (χ1v) is 8.55. The molecule has 126 valence electrons. The van der Waals surface area contributed by atoms with Gasteiger partial charge in [0.1, 0.15) is 6.10 Å². The number of aromatic amines is 1. The van der Waals surface area contributed by atoms with Gasteiger partial charge in [-0.25, -0.2) is 4.79 Å². The molecular formula is C17H20N4O2S. The number of carbonyl (C=O) groups is 1. The van der Waals surface area contributed by atoms with Crippen LogP contribution in [0.2, 0.25) is 0 Å². The number of fused-ring (bicyclic) bond motifs is 1. The fraction of sp³-hybridized carbons (Fsp3) is 0.294. The number of carbonyl (C=O) groups excluding carboxylic acids is 1. The molecule has 2 heterocycles. The summed E-state index contributed by atoms with van der Waals surface area (Å²) in [6, 6.07) is 9.62. The lowest BCUT2D eigenvalue weighted by Crippen LogP contribution is -2.37. The van der Waals surface area contributed by atoms with Crippen LogP contribution >= 0.6 is 11.3 Å². The first-order chi connectivity index (χ1) is 11.5. The van der Waals surface area contributed by atoms with Crippen molar-refractivity contribution < 1.29 is 9.90 Å². The Morgan fingerprint density at radius 2 is 2.12 bits per heavy atom. The smallest absolute Gasteiger partial charge is 0.315 e. The SMILES string of the molecule is Cc1n[nH]c(C)c1CNC(=O)NCC(O)c1cc2ccccc2s1. The lowest BCUT2D eigenvalue weighted by molar-refractivity contribution is 0.176. The van der Waals surface area contributed by atoms with E-state index < -0.39 is 6.10 Å². The van der Waals surface area contributed by atoms with Crippen LogP contribution in [0.5, 0.6) is 0 Å². The number of aryl methyl sites for hydroxylation is 2. The van der Waals surface area contributed by atoms with Gasteiger partial charge in [-0.2, -0.15) is 5.10 Å². The number of benzene rings is 1. The maximum atomic E-state index is 11.9. The third-order valence-corrected chi connectivity index (χ3v) is 5.15. The fourth-order valence-corrected chi connectivity index (χ4v) is 3.57. The molecule has 0 aliphatic heterocycles. The van der Waals surface area contributed by atoms with E-state index in [-0.39, 0.29) is 12.6 Å². The quantitative estimate of drug-likeness (QED) is 0.574. The fourth-order valence-electron chi connectivity index (χ4n) is 2.52. The molecule has 0 saturated carbocycles. The summed E-state index contributed by atoms with van der Waals surface area (Å²) in [5.74, 6) is 0. The minimum atomic E-state index is -0.717. The Morgan fingerprint density at radius 3 is 2.83 bits per heavy atom. The molecule has 1 unspecified atom stereocenters. The Bertz CT molecular complexity index is 803. The van der Waals surface area contributed by atoms with Crippen LogP contribution in [-0.2, 0) is 6.54 Å². The average molecular weight is 344 g/mol. The summed E-state index contributed by atoms with van der Waals surface area (Å²) in [6.45, 7) is 4.38. The van der Waals surface area contributed by atoms with Crippen LogP contribution in [0.4, 0.5) is 4.79 Å². The number of aromatic nitrogens is 2. The molecule has 2 amide bonds. The van der Waals surface area contributed by atoms with Gasteiger partial charge in [-0.3, -0.25) is 5.10 Å². The second-order valence-electron chi connectivity index (χ2n) is 5.68. The summed E-state index contributed by atoms with van der Waals surface area (Å²) in [5.41, 5.74) is 2.80. The summed E-state index contributed by atoms with van der Waals surface area (Å²) < 4.78 is 1.13. The van der Waals surface area contributed by atoms with Crippen LogP contribution in [0.15, 0.2) is 30.3 Å². The van der Waals surface area contributed by atoms with E-state index in [0.29, 0.717) is 6.54 Å². The molecular weight excluding hydrogens is 324 g/mol. The Morgan fingerprint density at radius 1 is 1.33 bits per heavy atom. The van der Waals surface area contributed by atoms with E-state index in [4.69, 9.17) is 0 Å². The minimum absolute atomic E-state index is 0.169. The van der Waals surface area contributed by atoms with E-state index >= 15 is 0 Å². The van der Waals surface area contributed by atoms with Gasteiger partial charge >= 0.3 is 6.03 Å². The normalized spacial score (nSPS) is 12.3. The molecule has 3 aromatic rings. The summed E-state index contributed by atoms with van der Waals surface area (Å²) in [6.07, 6.45) is -0.717. The number of thiophene rings is 1. The molecule has 4 N–H and O–H groups in total. The molecule has 0 aliphatic carbocycles. The van der Waals surface area contributed by atoms with Crippen LogP contribution in [0, 0.1) is 13.8 Å². The van der Waals surface area contributed by atoms with Crippen molar-refractivity contribution in [2.75, 3.05) is 6.54 Å². The van der Waals surface area contributed by atoms with Crippen LogP contribution in [0.25, 0.3) is 10.1 Å². The number of amides is 2. The molecule has 0 radical (unpaired) electrons. The molecule has 7 heteroatoms. The van der Waals surface area contributed by atoms with Gasteiger partial charge in [0.2, 0.25) is 0 Å². The van der Waals surface area contributed by atoms with Gasteiger partial charge in [0, 0.05) is 27.4 Å². The minimum Gasteiger partial charge on any atom is -0.386 e. The topological polar surface area (TPSA) is 90.0 Å². The van der Waals surface area contributed by atoms with Crippen LogP contribution in [0.1, 0.15) is 27.9 Å². The number of aliphatic hydroxyl groups is 1. The molecule has 1 aromatic carbocycles. The molecule has 0 bridgehead atoms. The average Bonchev–Trinajstić information content (AvgIpc) is 3.14. The predicted octanol–water partition coefficient (Wildman–Crippen LogP) is 2.77. The van der Waals surface area contributed by atoms with E-state index in [1.54, 1.807) is 0 Å². The zero-order valence-corrected chi connectivity index (χ0v) is 14.4. The second-order valence-corrected chi connectivity index (χ2v) is 6.79. The third-order valence-electron chi connectivity index (χ3n) is 3.94. The monoisotopic (exact) mass is 344 g/mol. The number of nitrogens with zero attached hydrogens (tertiary/aromatic N) is 1. The Labute approximate surface area is 143 Å². The zero-order chi connectivity index (χ0) is 17.1. The number of nitrogens with one attached hydrogen (secondary N) is 3. The molecule has 0 saturated heterocycles. The van der Waals surface area contributed by atoms with E-state index in [9.17, 15) is 9.90 Å². The van der Waals surface area contributed by atoms with Gasteiger partial charge in [-0.15, -0.1) is 11.3 Å². The van der Waals surface area contributed by atoms with Crippen LogP contribution in [-0.4, -0.2) is 27.9 Å². The van der Waals surface area contributed by atoms with Crippen molar-refractivity contribution in [3.63, 3.8) is 0 Å².